The van der Waals surface area contributed by atoms with E-state index in [2.05, 4.69) is 32.0 Å². The molecule has 1 atom stereocenters. The molecule has 0 aliphatic carbocycles. The van der Waals surface area contributed by atoms with Crippen molar-refractivity contribution in [3.63, 3.8) is 0 Å². The highest BCUT2D eigenvalue weighted by Gasteiger charge is 2.39. The second kappa shape index (κ2) is 6.25. The van der Waals surface area contributed by atoms with E-state index in [0.717, 1.165) is 36.2 Å². The first kappa shape index (κ1) is 16.5. The predicted octanol–water partition coefficient (Wildman–Crippen LogP) is 4.14. The molecule has 1 aromatic heterocycles. The Balaban J connectivity index is 1.88. The SMILES string of the molecule is CCCC1(CO)CCN(C(=O)c2sc3ccc(C)cc3c2C)C1. The van der Waals surface area contributed by atoms with Crippen molar-refractivity contribution in [3.8, 4) is 0 Å². The maximum absolute atomic E-state index is 13.0. The van der Waals surface area contributed by atoms with Gasteiger partial charge in [0.25, 0.3) is 5.91 Å². The van der Waals surface area contributed by atoms with Crippen LogP contribution in [0.4, 0.5) is 0 Å². The Morgan fingerprint density at radius 1 is 1.39 bits per heavy atom. The zero-order chi connectivity index (χ0) is 16.6. The van der Waals surface area contributed by atoms with Crippen molar-refractivity contribution in [3.05, 3.63) is 34.2 Å². The highest BCUT2D eigenvalue weighted by Crippen LogP contribution is 2.38. The van der Waals surface area contributed by atoms with E-state index in [1.807, 2.05) is 11.8 Å². The van der Waals surface area contributed by atoms with Crippen LogP contribution < -0.4 is 0 Å². The van der Waals surface area contributed by atoms with Gasteiger partial charge in [-0.2, -0.15) is 0 Å². The van der Waals surface area contributed by atoms with Gasteiger partial charge in [0.05, 0.1) is 11.5 Å². The van der Waals surface area contributed by atoms with Gasteiger partial charge in [0.1, 0.15) is 0 Å². The number of hydrogen-bond acceptors (Lipinski definition) is 3. The molecule has 2 heterocycles. The van der Waals surface area contributed by atoms with Crippen molar-refractivity contribution in [1.82, 2.24) is 4.90 Å². The van der Waals surface area contributed by atoms with Gasteiger partial charge in [-0.15, -0.1) is 11.3 Å². The molecule has 1 amide bonds. The zero-order valence-electron chi connectivity index (χ0n) is 14.2. The lowest BCUT2D eigenvalue weighted by Gasteiger charge is -2.26. The third-order valence-corrected chi connectivity index (χ3v) is 6.39. The number of rotatable bonds is 4. The number of amides is 1. The summed E-state index contributed by atoms with van der Waals surface area (Å²) in [5, 5.41) is 11.0. The topological polar surface area (TPSA) is 40.5 Å². The van der Waals surface area contributed by atoms with Crippen LogP contribution in [0.1, 0.15) is 47.0 Å². The number of fused-ring (bicyclic) bond motifs is 1. The minimum atomic E-state index is -0.0917. The monoisotopic (exact) mass is 331 g/mol. The number of hydrogen-bond donors (Lipinski definition) is 1. The van der Waals surface area contributed by atoms with Crippen LogP contribution in [-0.4, -0.2) is 35.6 Å². The summed E-state index contributed by atoms with van der Waals surface area (Å²) in [6, 6.07) is 6.37. The number of likely N-dealkylation sites (tertiary alicyclic amines) is 1. The molecule has 0 spiro atoms. The molecule has 3 nitrogen and oxygen atoms in total. The Morgan fingerprint density at radius 3 is 2.87 bits per heavy atom. The number of aliphatic hydroxyl groups is 1. The van der Waals surface area contributed by atoms with Gasteiger partial charge in [0.2, 0.25) is 0 Å². The van der Waals surface area contributed by atoms with E-state index in [-0.39, 0.29) is 17.9 Å². The van der Waals surface area contributed by atoms with Crippen LogP contribution in [0, 0.1) is 19.3 Å². The second-order valence-corrected chi connectivity index (χ2v) is 7.99. The van der Waals surface area contributed by atoms with Crippen LogP contribution in [0.5, 0.6) is 0 Å². The first-order valence-electron chi connectivity index (χ1n) is 8.39. The molecule has 23 heavy (non-hydrogen) atoms. The number of carbonyl (C=O) groups excluding carboxylic acids is 1. The average Bonchev–Trinajstić information content (AvgIpc) is 3.10. The van der Waals surface area contributed by atoms with Gasteiger partial charge in [-0.25, -0.2) is 0 Å². The van der Waals surface area contributed by atoms with Gasteiger partial charge in [0.15, 0.2) is 0 Å². The van der Waals surface area contributed by atoms with Crippen LogP contribution in [0.2, 0.25) is 0 Å². The van der Waals surface area contributed by atoms with Crippen LogP contribution in [-0.2, 0) is 0 Å². The smallest absolute Gasteiger partial charge is 0.264 e. The van der Waals surface area contributed by atoms with E-state index in [1.165, 1.54) is 15.6 Å². The van der Waals surface area contributed by atoms with Crippen LogP contribution in [0.25, 0.3) is 10.1 Å². The van der Waals surface area contributed by atoms with E-state index < -0.39 is 0 Å². The Bertz CT molecular complexity index is 736. The molecule has 124 valence electrons. The summed E-state index contributed by atoms with van der Waals surface area (Å²) in [5.74, 6) is 0.132. The molecule has 0 radical (unpaired) electrons. The third-order valence-electron chi connectivity index (χ3n) is 5.13. The molecule has 1 aliphatic heterocycles. The maximum atomic E-state index is 13.0. The van der Waals surface area contributed by atoms with Crippen LogP contribution in [0.3, 0.4) is 0 Å². The Hall–Kier alpha value is -1.39. The first-order chi connectivity index (χ1) is 11.0. The van der Waals surface area contributed by atoms with Crippen molar-refractivity contribution in [2.24, 2.45) is 5.41 Å². The molecule has 4 heteroatoms. The minimum absolute atomic E-state index is 0.0917. The van der Waals surface area contributed by atoms with E-state index >= 15 is 0 Å². The second-order valence-electron chi connectivity index (χ2n) is 6.94. The Labute approximate surface area is 141 Å². The molecular weight excluding hydrogens is 306 g/mol. The summed E-state index contributed by atoms with van der Waals surface area (Å²) in [7, 11) is 0. The zero-order valence-corrected chi connectivity index (χ0v) is 15.0. The molecule has 1 saturated heterocycles. The maximum Gasteiger partial charge on any atom is 0.264 e. The molecule has 1 aliphatic rings. The summed E-state index contributed by atoms with van der Waals surface area (Å²) < 4.78 is 1.18. The summed E-state index contributed by atoms with van der Waals surface area (Å²) in [4.78, 5) is 15.8. The minimum Gasteiger partial charge on any atom is -0.396 e. The van der Waals surface area contributed by atoms with Crippen molar-refractivity contribution in [2.45, 2.75) is 40.0 Å². The normalized spacial score (nSPS) is 21.3. The molecule has 1 unspecified atom stereocenters. The van der Waals surface area contributed by atoms with Gasteiger partial charge >= 0.3 is 0 Å². The van der Waals surface area contributed by atoms with Crippen molar-refractivity contribution < 1.29 is 9.90 Å². The average molecular weight is 331 g/mol. The Kier molecular flexibility index (Phi) is 4.47. The van der Waals surface area contributed by atoms with Crippen LogP contribution >= 0.6 is 11.3 Å². The molecule has 3 rings (SSSR count). The number of nitrogens with zero attached hydrogens (tertiary/aromatic N) is 1. The summed E-state index contributed by atoms with van der Waals surface area (Å²) in [6.45, 7) is 7.89. The van der Waals surface area contributed by atoms with Crippen molar-refractivity contribution >= 4 is 27.3 Å². The number of aliphatic hydroxyl groups excluding tert-OH is 1. The lowest BCUT2D eigenvalue weighted by molar-refractivity contribution is 0.0733. The van der Waals surface area contributed by atoms with E-state index in [9.17, 15) is 9.90 Å². The summed E-state index contributed by atoms with van der Waals surface area (Å²) >= 11 is 1.59. The molecular formula is C19H25NO2S. The lowest BCUT2D eigenvalue weighted by atomic mass is 9.83. The van der Waals surface area contributed by atoms with Gasteiger partial charge in [-0.1, -0.05) is 31.0 Å². The van der Waals surface area contributed by atoms with E-state index in [0.29, 0.717) is 6.54 Å². The molecule has 1 N–H and O–H groups in total. The molecule has 1 fully saturated rings. The molecule has 1 aromatic carbocycles. The van der Waals surface area contributed by atoms with E-state index in [4.69, 9.17) is 0 Å². The van der Waals surface area contributed by atoms with Gasteiger partial charge in [-0.05, 0) is 43.7 Å². The number of thiophene rings is 1. The number of aryl methyl sites for hydroxylation is 2. The highest BCUT2D eigenvalue weighted by molar-refractivity contribution is 7.21. The number of carbonyl (C=O) groups is 1. The third kappa shape index (κ3) is 2.90. The molecule has 0 saturated carbocycles. The summed E-state index contributed by atoms with van der Waals surface area (Å²) in [5.41, 5.74) is 2.22. The van der Waals surface area contributed by atoms with Gasteiger partial charge < -0.3 is 10.0 Å². The van der Waals surface area contributed by atoms with Gasteiger partial charge in [0, 0.05) is 23.2 Å². The molecule has 0 bridgehead atoms. The number of benzene rings is 1. The Morgan fingerprint density at radius 2 is 2.17 bits per heavy atom. The van der Waals surface area contributed by atoms with Crippen molar-refractivity contribution in [1.29, 1.82) is 0 Å². The largest absolute Gasteiger partial charge is 0.396 e. The van der Waals surface area contributed by atoms with Gasteiger partial charge in [-0.3, -0.25) is 4.79 Å². The van der Waals surface area contributed by atoms with E-state index in [1.54, 1.807) is 11.3 Å². The molecule has 2 aromatic rings. The van der Waals surface area contributed by atoms with Crippen molar-refractivity contribution in [2.75, 3.05) is 19.7 Å². The fourth-order valence-corrected chi connectivity index (χ4v) is 4.89. The fraction of sp³-hybridized carbons (Fsp3) is 0.526. The highest BCUT2D eigenvalue weighted by atomic mass is 32.1. The standard InChI is InChI=1S/C19H25NO2S/c1-4-7-19(12-21)8-9-20(11-19)18(22)17-14(3)15-10-13(2)5-6-16(15)23-17/h5-6,10,21H,4,7-9,11-12H2,1-3H3. The summed E-state index contributed by atoms with van der Waals surface area (Å²) in [6.07, 6.45) is 2.94. The van der Waals surface area contributed by atoms with Crippen LogP contribution in [0.15, 0.2) is 18.2 Å². The first-order valence-corrected chi connectivity index (χ1v) is 9.21. The fourth-order valence-electron chi connectivity index (χ4n) is 3.73. The quantitative estimate of drug-likeness (QED) is 0.914. The lowest BCUT2D eigenvalue weighted by Crippen LogP contribution is -2.34. The predicted molar refractivity (Wildman–Crippen MR) is 96.2 cm³/mol.